The van der Waals surface area contributed by atoms with E-state index in [4.69, 9.17) is 4.42 Å². The van der Waals surface area contributed by atoms with Gasteiger partial charge >= 0.3 is 6.18 Å². The normalized spacial score (nSPS) is 15.3. The Morgan fingerprint density at radius 3 is 2.51 bits per heavy atom. The van der Waals surface area contributed by atoms with E-state index < -0.39 is 29.5 Å². The second-order valence-electron chi connectivity index (χ2n) is 9.30. The van der Waals surface area contributed by atoms with Crippen molar-refractivity contribution in [2.24, 2.45) is 0 Å². The largest absolute Gasteiger partial charge is 0.468 e. The van der Waals surface area contributed by atoms with Crippen LogP contribution in [-0.4, -0.2) is 17.6 Å². The summed E-state index contributed by atoms with van der Waals surface area (Å²) in [5, 5.41) is 19.1. The molecule has 11 heteroatoms. The summed E-state index contributed by atoms with van der Waals surface area (Å²) < 4.78 is 44.7. The van der Waals surface area contributed by atoms with Gasteiger partial charge < -0.3 is 20.4 Å². The third kappa shape index (κ3) is 6.66. The van der Waals surface area contributed by atoms with E-state index in [0.29, 0.717) is 34.2 Å². The number of carbonyl (C=O) groups excluding carboxylic acids is 2. The lowest BCUT2D eigenvalue weighted by Gasteiger charge is -2.28. The van der Waals surface area contributed by atoms with Crippen LogP contribution in [0.3, 0.4) is 0 Å². The highest BCUT2D eigenvalue weighted by Gasteiger charge is 2.37. The van der Waals surface area contributed by atoms with Crippen molar-refractivity contribution in [3.63, 3.8) is 0 Å². The molecule has 2 heterocycles. The first-order chi connectivity index (χ1) is 19.5. The number of nitrogens with zero attached hydrogens (tertiary/aromatic N) is 1. The van der Waals surface area contributed by atoms with E-state index in [-0.39, 0.29) is 17.0 Å². The lowest BCUT2D eigenvalue weighted by Crippen LogP contribution is -2.31. The van der Waals surface area contributed by atoms with Gasteiger partial charge in [0.1, 0.15) is 5.76 Å². The van der Waals surface area contributed by atoms with Crippen molar-refractivity contribution in [2.45, 2.75) is 39.3 Å². The van der Waals surface area contributed by atoms with E-state index in [1.807, 2.05) is 32.0 Å². The maximum atomic E-state index is 13.7. The number of para-hydroxylation sites is 1. The van der Waals surface area contributed by atoms with Crippen molar-refractivity contribution in [1.29, 1.82) is 5.26 Å². The molecule has 3 N–H and O–H groups in total. The minimum atomic E-state index is -4.54. The highest BCUT2D eigenvalue weighted by Crippen LogP contribution is 2.41. The van der Waals surface area contributed by atoms with Crippen LogP contribution in [0, 0.1) is 18.3 Å². The number of furan rings is 1. The molecule has 41 heavy (non-hydrogen) atoms. The third-order valence-electron chi connectivity index (χ3n) is 6.52. The molecule has 0 bridgehead atoms. The van der Waals surface area contributed by atoms with Crippen LogP contribution in [0.1, 0.15) is 42.2 Å². The molecule has 0 radical (unpaired) electrons. The van der Waals surface area contributed by atoms with Gasteiger partial charge in [-0.3, -0.25) is 9.59 Å². The summed E-state index contributed by atoms with van der Waals surface area (Å²) in [6, 6.07) is 15.6. The number of allylic oxidation sites excluding steroid dienone is 2. The quantitative estimate of drug-likeness (QED) is 0.268. The van der Waals surface area contributed by atoms with Crippen molar-refractivity contribution in [2.75, 3.05) is 16.4 Å². The molecule has 1 atom stereocenters. The minimum Gasteiger partial charge on any atom is -0.468 e. The molecule has 4 rings (SSSR count). The number of aryl methyl sites for hydroxylation is 2. The first-order valence-electron chi connectivity index (χ1n) is 12.7. The van der Waals surface area contributed by atoms with Gasteiger partial charge in [0, 0.05) is 17.1 Å². The number of benzene rings is 2. The zero-order valence-corrected chi connectivity index (χ0v) is 23.3. The van der Waals surface area contributed by atoms with E-state index >= 15 is 0 Å². The Balaban J connectivity index is 1.59. The second-order valence-corrected chi connectivity index (χ2v) is 10.3. The smallest absolute Gasteiger partial charge is 0.416 e. The predicted octanol–water partition coefficient (Wildman–Crippen LogP) is 6.88. The highest BCUT2D eigenvalue weighted by molar-refractivity contribution is 8.03. The summed E-state index contributed by atoms with van der Waals surface area (Å²) in [5.41, 5.74) is 2.62. The fraction of sp³-hybridized carbons (Fsp3) is 0.233. The molecule has 7 nitrogen and oxygen atoms in total. The molecule has 1 aromatic heterocycles. The molecule has 0 saturated carbocycles. The number of nitriles is 1. The molecular weight excluding hydrogens is 553 g/mol. The number of rotatable bonds is 8. The van der Waals surface area contributed by atoms with Crippen molar-refractivity contribution in [3.05, 3.63) is 105 Å². The number of nitrogens with one attached hydrogen (secondary N) is 3. The van der Waals surface area contributed by atoms with Crippen LogP contribution in [0.2, 0.25) is 0 Å². The highest BCUT2D eigenvalue weighted by atomic mass is 32.2. The summed E-state index contributed by atoms with van der Waals surface area (Å²) in [5.74, 6) is -1.64. The molecule has 2 aromatic carbocycles. The van der Waals surface area contributed by atoms with Gasteiger partial charge in [0.2, 0.25) is 5.91 Å². The van der Waals surface area contributed by atoms with Crippen LogP contribution in [0.5, 0.6) is 0 Å². The predicted molar refractivity (Wildman–Crippen MR) is 152 cm³/mol. The molecule has 0 saturated heterocycles. The molecule has 2 amide bonds. The number of halogens is 3. The van der Waals surface area contributed by atoms with Gasteiger partial charge in [-0.1, -0.05) is 43.0 Å². The van der Waals surface area contributed by atoms with Crippen LogP contribution < -0.4 is 16.0 Å². The Hall–Kier alpha value is -4.43. The Labute approximate surface area is 239 Å². The van der Waals surface area contributed by atoms with Crippen LogP contribution in [0.4, 0.5) is 24.5 Å². The average molecular weight is 581 g/mol. The Morgan fingerprint density at radius 1 is 1.10 bits per heavy atom. The number of thioether (sulfide) groups is 1. The Bertz CT molecular complexity index is 1570. The fourth-order valence-corrected chi connectivity index (χ4v) is 5.45. The summed E-state index contributed by atoms with van der Waals surface area (Å²) in [6.45, 7) is 5.59. The van der Waals surface area contributed by atoms with Gasteiger partial charge in [-0.15, -0.1) is 0 Å². The zero-order chi connectivity index (χ0) is 29.7. The monoisotopic (exact) mass is 580 g/mol. The van der Waals surface area contributed by atoms with Crippen LogP contribution in [-0.2, 0) is 22.2 Å². The van der Waals surface area contributed by atoms with E-state index in [0.717, 1.165) is 35.0 Å². The first-order valence-corrected chi connectivity index (χ1v) is 13.7. The zero-order valence-electron chi connectivity index (χ0n) is 22.5. The number of dihydropyridines is 1. The average Bonchev–Trinajstić information content (AvgIpc) is 3.47. The van der Waals surface area contributed by atoms with Gasteiger partial charge in [-0.05, 0) is 61.7 Å². The second kappa shape index (κ2) is 12.4. The molecular formula is C30H27F3N4O3S. The summed E-state index contributed by atoms with van der Waals surface area (Å²) in [4.78, 5) is 26.3. The number of alkyl halides is 3. The van der Waals surface area contributed by atoms with Crippen LogP contribution >= 0.6 is 11.8 Å². The van der Waals surface area contributed by atoms with Crippen molar-refractivity contribution in [3.8, 4) is 6.07 Å². The Kier molecular flexibility index (Phi) is 8.93. The lowest BCUT2D eigenvalue weighted by molar-refractivity contribution is -0.137. The first kappa shape index (κ1) is 29.6. The molecule has 1 aliphatic rings. The molecule has 1 aliphatic heterocycles. The molecule has 212 valence electrons. The fourth-order valence-electron chi connectivity index (χ4n) is 4.56. The summed E-state index contributed by atoms with van der Waals surface area (Å²) in [6.07, 6.45) is -2.38. The molecule has 0 fully saturated rings. The van der Waals surface area contributed by atoms with E-state index in [9.17, 15) is 28.0 Å². The van der Waals surface area contributed by atoms with Gasteiger partial charge in [-0.25, -0.2) is 0 Å². The number of carbonyl (C=O) groups is 2. The van der Waals surface area contributed by atoms with Gasteiger partial charge in [0.25, 0.3) is 5.91 Å². The van der Waals surface area contributed by atoms with Crippen molar-refractivity contribution in [1.82, 2.24) is 5.32 Å². The van der Waals surface area contributed by atoms with E-state index in [1.54, 1.807) is 19.1 Å². The van der Waals surface area contributed by atoms with Crippen LogP contribution in [0.15, 0.2) is 87.1 Å². The summed E-state index contributed by atoms with van der Waals surface area (Å²) >= 11 is 1.00. The number of amides is 2. The van der Waals surface area contributed by atoms with E-state index in [2.05, 4.69) is 22.0 Å². The van der Waals surface area contributed by atoms with Gasteiger partial charge in [0.15, 0.2) is 0 Å². The van der Waals surface area contributed by atoms with Crippen LogP contribution in [0.25, 0.3) is 0 Å². The van der Waals surface area contributed by atoms with Gasteiger partial charge in [-0.2, -0.15) is 18.4 Å². The lowest BCUT2D eigenvalue weighted by atomic mass is 9.85. The maximum absolute atomic E-state index is 13.7. The molecule has 0 unspecified atom stereocenters. The number of anilines is 2. The number of hydrogen-bond donors (Lipinski definition) is 3. The van der Waals surface area contributed by atoms with E-state index in [1.165, 1.54) is 18.4 Å². The molecule has 0 aliphatic carbocycles. The molecule has 3 aromatic rings. The SMILES string of the molecule is CCc1cccc(C)c1NC(=O)C1=C(C)NC(SCC(=O)Nc2cccc(C(F)(F)F)c2)=C(C#N)[C@@H]1c1ccco1. The standard InChI is InChI=1S/C30H27F3N4O3S/c1-4-19-9-5-8-17(2)27(19)37-28(39)25-18(3)35-29(22(15-34)26(25)23-12-7-13-40-23)41-16-24(38)36-21-11-6-10-20(14-21)30(31,32)33/h5-14,26,35H,4,16H2,1-3H3,(H,36,38)(H,37,39)/t26-/m1/s1. The van der Waals surface area contributed by atoms with Crippen molar-refractivity contribution < 1.29 is 27.2 Å². The van der Waals surface area contributed by atoms with Crippen molar-refractivity contribution >= 4 is 35.0 Å². The molecule has 0 spiro atoms. The van der Waals surface area contributed by atoms with Gasteiger partial charge in [0.05, 0.1) is 45.7 Å². The number of hydrogen-bond acceptors (Lipinski definition) is 6. The summed E-state index contributed by atoms with van der Waals surface area (Å²) in [7, 11) is 0. The topological polar surface area (TPSA) is 107 Å². The maximum Gasteiger partial charge on any atom is 0.416 e. The minimum absolute atomic E-state index is 0.00247. The third-order valence-corrected chi connectivity index (χ3v) is 7.54. The Morgan fingerprint density at radius 2 is 1.85 bits per heavy atom.